The number of nitrogens with one attached hydrogen (secondary N) is 1. The number of amides is 2. The number of urea groups is 1. The Bertz CT molecular complexity index is 563. The highest BCUT2D eigenvalue weighted by atomic mass is 16.4. The average Bonchev–Trinajstić information content (AvgIpc) is 2.69. The second kappa shape index (κ2) is 5.39. The number of rotatable bonds is 2. The molecule has 1 aromatic carbocycles. The third kappa shape index (κ3) is 3.01. The average molecular weight is 290 g/mol. The summed E-state index contributed by atoms with van der Waals surface area (Å²) in [4.78, 5) is 25.6. The number of hydrogen-bond acceptors (Lipinski definition) is 2. The second-order valence-corrected chi connectivity index (χ2v) is 6.64. The standard InChI is InChI=1S/C16H22N2O3/c1-10-9-11-7-5-6-8-12(11)18(10)15(21)17-13(14(19)20)16(2,3)4/h5-8,10,13H,9H2,1-4H3,(H,17,21)(H,19,20)/t10?,13-/m1/s1. The fourth-order valence-electron chi connectivity index (χ4n) is 2.72. The monoisotopic (exact) mass is 290 g/mol. The zero-order chi connectivity index (χ0) is 15.8. The van der Waals surface area contributed by atoms with Crippen LogP contribution in [0.1, 0.15) is 33.3 Å². The van der Waals surface area contributed by atoms with Gasteiger partial charge in [0.15, 0.2) is 0 Å². The summed E-state index contributed by atoms with van der Waals surface area (Å²) in [6.45, 7) is 7.36. The SMILES string of the molecule is CC1Cc2ccccc2N1C(=O)N[C@H](C(=O)O)C(C)(C)C. The van der Waals surface area contributed by atoms with Crippen LogP contribution >= 0.6 is 0 Å². The number of carboxylic acid groups (broad SMARTS) is 1. The van der Waals surface area contributed by atoms with Crippen molar-refractivity contribution < 1.29 is 14.7 Å². The molecule has 1 unspecified atom stereocenters. The molecule has 0 aliphatic carbocycles. The van der Waals surface area contributed by atoms with Gasteiger partial charge < -0.3 is 10.4 Å². The molecule has 0 spiro atoms. The molecule has 2 N–H and O–H groups in total. The van der Waals surface area contributed by atoms with Crippen molar-refractivity contribution in [3.63, 3.8) is 0 Å². The molecule has 2 amide bonds. The first kappa shape index (κ1) is 15.4. The molecular formula is C16H22N2O3. The molecule has 1 aromatic rings. The second-order valence-electron chi connectivity index (χ2n) is 6.64. The molecule has 2 atom stereocenters. The van der Waals surface area contributed by atoms with E-state index in [1.807, 2.05) is 31.2 Å². The number of fused-ring (bicyclic) bond motifs is 1. The molecule has 5 heteroatoms. The van der Waals surface area contributed by atoms with Crippen LogP contribution in [0.25, 0.3) is 0 Å². The minimum absolute atomic E-state index is 0.0248. The number of hydrogen-bond donors (Lipinski definition) is 2. The number of carbonyl (C=O) groups is 2. The first-order valence-electron chi connectivity index (χ1n) is 7.12. The minimum atomic E-state index is -1.02. The molecule has 0 aromatic heterocycles. The van der Waals surface area contributed by atoms with Gasteiger partial charge in [-0.05, 0) is 30.4 Å². The van der Waals surface area contributed by atoms with Crippen LogP contribution in [-0.2, 0) is 11.2 Å². The van der Waals surface area contributed by atoms with Crippen LogP contribution in [0.5, 0.6) is 0 Å². The van der Waals surface area contributed by atoms with Crippen molar-refractivity contribution in [2.75, 3.05) is 4.90 Å². The van der Waals surface area contributed by atoms with E-state index in [4.69, 9.17) is 0 Å². The van der Waals surface area contributed by atoms with Gasteiger partial charge in [0.05, 0.1) is 0 Å². The van der Waals surface area contributed by atoms with Crippen LogP contribution in [0, 0.1) is 5.41 Å². The van der Waals surface area contributed by atoms with Crippen LogP contribution in [0.2, 0.25) is 0 Å². The van der Waals surface area contributed by atoms with Gasteiger partial charge in [-0.1, -0.05) is 39.0 Å². The van der Waals surface area contributed by atoms with Crippen molar-refractivity contribution in [2.24, 2.45) is 5.41 Å². The lowest BCUT2D eigenvalue weighted by Gasteiger charge is -2.31. The van der Waals surface area contributed by atoms with E-state index in [-0.39, 0.29) is 12.1 Å². The van der Waals surface area contributed by atoms with Crippen LogP contribution < -0.4 is 10.2 Å². The third-order valence-electron chi connectivity index (χ3n) is 3.81. The van der Waals surface area contributed by atoms with Crippen LogP contribution in [-0.4, -0.2) is 29.2 Å². The van der Waals surface area contributed by atoms with E-state index in [0.29, 0.717) is 0 Å². The van der Waals surface area contributed by atoms with E-state index in [1.54, 1.807) is 25.7 Å². The van der Waals surface area contributed by atoms with Crippen LogP contribution in [0.4, 0.5) is 10.5 Å². The van der Waals surface area contributed by atoms with Gasteiger partial charge in [0.2, 0.25) is 0 Å². The summed E-state index contributed by atoms with van der Waals surface area (Å²) in [7, 11) is 0. The zero-order valence-corrected chi connectivity index (χ0v) is 12.9. The van der Waals surface area contributed by atoms with Crippen molar-refractivity contribution in [3.05, 3.63) is 29.8 Å². The highest BCUT2D eigenvalue weighted by Crippen LogP contribution is 2.32. The Morgan fingerprint density at radius 2 is 1.95 bits per heavy atom. The highest BCUT2D eigenvalue weighted by molar-refractivity contribution is 5.97. The molecule has 0 saturated carbocycles. The maximum Gasteiger partial charge on any atom is 0.326 e. The van der Waals surface area contributed by atoms with Gasteiger partial charge in [0.25, 0.3) is 0 Å². The number of para-hydroxylation sites is 1. The number of nitrogens with zero attached hydrogens (tertiary/aromatic N) is 1. The van der Waals surface area contributed by atoms with Crippen molar-refractivity contribution in [1.29, 1.82) is 0 Å². The molecule has 114 valence electrons. The van der Waals surface area contributed by atoms with Gasteiger partial charge in [0, 0.05) is 11.7 Å². The van der Waals surface area contributed by atoms with Crippen molar-refractivity contribution in [3.8, 4) is 0 Å². The van der Waals surface area contributed by atoms with Crippen LogP contribution in [0.15, 0.2) is 24.3 Å². The first-order chi connectivity index (χ1) is 9.71. The lowest BCUT2D eigenvalue weighted by molar-refractivity contribution is -0.141. The van der Waals surface area contributed by atoms with Gasteiger partial charge >= 0.3 is 12.0 Å². The topological polar surface area (TPSA) is 69.6 Å². The van der Waals surface area contributed by atoms with E-state index in [2.05, 4.69) is 5.32 Å². The Labute approximate surface area is 125 Å². The van der Waals surface area contributed by atoms with E-state index >= 15 is 0 Å². The molecule has 21 heavy (non-hydrogen) atoms. The number of carbonyl (C=O) groups excluding carboxylic acids is 1. The predicted octanol–water partition coefficient (Wildman–Crippen LogP) is 2.65. The molecule has 0 saturated heterocycles. The Kier molecular flexibility index (Phi) is 3.94. The summed E-state index contributed by atoms with van der Waals surface area (Å²) < 4.78 is 0. The van der Waals surface area contributed by atoms with Gasteiger partial charge in [-0.2, -0.15) is 0 Å². The van der Waals surface area contributed by atoms with Gasteiger partial charge in [-0.15, -0.1) is 0 Å². The minimum Gasteiger partial charge on any atom is -0.480 e. The van der Waals surface area contributed by atoms with Gasteiger partial charge in [-0.3, -0.25) is 4.90 Å². The fraction of sp³-hybridized carbons (Fsp3) is 0.500. The normalized spacial score (nSPS) is 19.0. The van der Waals surface area contributed by atoms with Crippen LogP contribution in [0.3, 0.4) is 0 Å². The molecule has 1 aliphatic heterocycles. The number of benzene rings is 1. The summed E-state index contributed by atoms with van der Waals surface area (Å²) >= 11 is 0. The van der Waals surface area contributed by atoms with Crippen molar-refractivity contribution >= 4 is 17.7 Å². The summed E-state index contributed by atoms with van der Waals surface area (Å²) in [6.07, 6.45) is 0.789. The van der Waals surface area contributed by atoms with E-state index in [1.165, 1.54) is 0 Å². The van der Waals surface area contributed by atoms with Gasteiger partial charge in [0.1, 0.15) is 6.04 Å². The Morgan fingerprint density at radius 3 is 2.52 bits per heavy atom. The summed E-state index contributed by atoms with van der Waals surface area (Å²) in [5.74, 6) is -1.02. The number of anilines is 1. The van der Waals surface area contributed by atoms with E-state index in [9.17, 15) is 14.7 Å². The molecule has 0 fully saturated rings. The summed E-state index contributed by atoms with van der Waals surface area (Å²) in [5, 5.41) is 12.0. The molecule has 1 aliphatic rings. The first-order valence-corrected chi connectivity index (χ1v) is 7.12. The van der Waals surface area contributed by atoms with Gasteiger partial charge in [-0.25, -0.2) is 9.59 Å². The molecule has 0 bridgehead atoms. The molecule has 2 rings (SSSR count). The Morgan fingerprint density at radius 1 is 1.33 bits per heavy atom. The fourth-order valence-corrected chi connectivity index (χ4v) is 2.72. The number of carboxylic acids is 1. The lowest BCUT2D eigenvalue weighted by atomic mass is 9.87. The molecule has 0 radical (unpaired) electrons. The maximum atomic E-state index is 12.5. The zero-order valence-electron chi connectivity index (χ0n) is 12.9. The summed E-state index contributed by atoms with van der Waals surface area (Å²) in [6, 6.07) is 6.47. The third-order valence-corrected chi connectivity index (χ3v) is 3.81. The Balaban J connectivity index is 2.23. The van der Waals surface area contributed by atoms with E-state index < -0.39 is 17.4 Å². The quantitative estimate of drug-likeness (QED) is 0.879. The number of aliphatic carboxylic acids is 1. The maximum absolute atomic E-state index is 12.5. The smallest absolute Gasteiger partial charge is 0.326 e. The van der Waals surface area contributed by atoms with Crippen molar-refractivity contribution in [1.82, 2.24) is 5.32 Å². The molecular weight excluding hydrogens is 268 g/mol. The van der Waals surface area contributed by atoms with Crippen molar-refractivity contribution in [2.45, 2.75) is 46.2 Å². The highest BCUT2D eigenvalue weighted by Gasteiger charge is 2.37. The molecule has 1 heterocycles. The van der Waals surface area contributed by atoms with E-state index in [0.717, 1.165) is 17.7 Å². The Hall–Kier alpha value is -2.04. The summed E-state index contributed by atoms with van der Waals surface area (Å²) in [5.41, 5.74) is 1.42. The largest absolute Gasteiger partial charge is 0.480 e. The lowest BCUT2D eigenvalue weighted by Crippen LogP contribution is -2.54. The molecule has 5 nitrogen and oxygen atoms in total. The predicted molar refractivity (Wildman–Crippen MR) is 81.5 cm³/mol.